The number of hydrogen-bond donors (Lipinski definition) is 1. The molecular weight excluding hydrogens is 252 g/mol. The molecular formula is C15H16N4O. The molecule has 0 spiro atoms. The third-order valence-corrected chi connectivity index (χ3v) is 3.94. The second-order valence-corrected chi connectivity index (χ2v) is 5.28. The molecule has 4 rings (SSSR count). The number of aromatic nitrogens is 3. The quantitative estimate of drug-likeness (QED) is 0.776. The molecule has 0 saturated carbocycles. The normalized spacial score (nSPS) is 18.9. The van der Waals surface area contributed by atoms with Crippen LogP contribution in [0.4, 0.5) is 0 Å². The van der Waals surface area contributed by atoms with Crippen molar-refractivity contribution in [1.82, 2.24) is 20.0 Å². The number of benzene rings is 1. The first kappa shape index (κ1) is 11.7. The highest BCUT2D eigenvalue weighted by Gasteiger charge is 2.23. The Bertz CT molecular complexity index is 752. The van der Waals surface area contributed by atoms with Gasteiger partial charge in [-0.3, -0.25) is 0 Å². The van der Waals surface area contributed by atoms with E-state index in [9.17, 15) is 0 Å². The monoisotopic (exact) mass is 268 g/mol. The number of nitrogens with zero attached hydrogens (tertiary/aromatic N) is 3. The van der Waals surface area contributed by atoms with Crippen LogP contribution in [0.2, 0.25) is 0 Å². The highest BCUT2D eigenvalue weighted by atomic mass is 16.5. The van der Waals surface area contributed by atoms with E-state index in [1.165, 1.54) is 5.52 Å². The number of hydrogen-bond acceptors (Lipinski definition) is 4. The van der Waals surface area contributed by atoms with Crippen molar-refractivity contribution in [3.8, 4) is 11.4 Å². The lowest BCUT2D eigenvalue weighted by atomic mass is 10.1. The van der Waals surface area contributed by atoms with E-state index in [2.05, 4.69) is 38.4 Å². The van der Waals surface area contributed by atoms with Crippen LogP contribution in [0.1, 0.15) is 24.8 Å². The van der Waals surface area contributed by atoms with Crippen molar-refractivity contribution in [2.45, 2.75) is 18.9 Å². The summed E-state index contributed by atoms with van der Waals surface area (Å²) in [5.74, 6) is 1.37. The van der Waals surface area contributed by atoms with Crippen LogP contribution in [-0.2, 0) is 7.05 Å². The molecule has 0 aliphatic carbocycles. The Morgan fingerprint density at radius 2 is 2.25 bits per heavy atom. The van der Waals surface area contributed by atoms with Crippen molar-refractivity contribution in [3.63, 3.8) is 0 Å². The molecule has 0 amide bonds. The lowest BCUT2D eigenvalue weighted by Gasteiger charge is -2.01. The molecule has 1 aliphatic rings. The summed E-state index contributed by atoms with van der Waals surface area (Å²) < 4.78 is 7.52. The van der Waals surface area contributed by atoms with Crippen molar-refractivity contribution in [1.29, 1.82) is 0 Å². The van der Waals surface area contributed by atoms with Gasteiger partial charge < -0.3 is 14.4 Å². The zero-order chi connectivity index (χ0) is 13.5. The molecule has 1 atom stereocenters. The third-order valence-electron chi connectivity index (χ3n) is 3.94. The van der Waals surface area contributed by atoms with Crippen LogP contribution in [0.15, 0.2) is 35.0 Å². The second kappa shape index (κ2) is 4.45. The fraction of sp³-hybridized carbons (Fsp3) is 0.333. The highest BCUT2D eigenvalue weighted by Crippen LogP contribution is 2.30. The predicted octanol–water partition coefficient (Wildman–Crippen LogP) is 2.65. The Morgan fingerprint density at radius 3 is 3.10 bits per heavy atom. The van der Waals surface area contributed by atoms with Crippen LogP contribution in [0.3, 0.4) is 0 Å². The van der Waals surface area contributed by atoms with E-state index in [0.717, 1.165) is 30.3 Å². The minimum atomic E-state index is 0.214. The number of nitrogens with one attached hydrogen (secondary N) is 1. The van der Waals surface area contributed by atoms with Gasteiger partial charge in [0.2, 0.25) is 11.7 Å². The maximum Gasteiger partial charge on any atom is 0.244 e. The molecule has 20 heavy (non-hydrogen) atoms. The molecule has 3 heterocycles. The van der Waals surface area contributed by atoms with Crippen LogP contribution >= 0.6 is 0 Å². The maximum atomic E-state index is 5.43. The summed E-state index contributed by atoms with van der Waals surface area (Å²) in [6, 6.07) is 8.47. The van der Waals surface area contributed by atoms with Gasteiger partial charge in [0.15, 0.2) is 0 Å². The van der Waals surface area contributed by atoms with E-state index in [0.29, 0.717) is 11.7 Å². The van der Waals surface area contributed by atoms with Crippen LogP contribution in [0, 0.1) is 0 Å². The van der Waals surface area contributed by atoms with Gasteiger partial charge in [-0.25, -0.2) is 0 Å². The van der Waals surface area contributed by atoms with Crippen LogP contribution in [0.5, 0.6) is 0 Å². The SMILES string of the molecule is Cn1cc(-c2noc([C@@H]3CCCN3)n2)c2ccccc21. The number of rotatable bonds is 2. The Morgan fingerprint density at radius 1 is 1.35 bits per heavy atom. The van der Waals surface area contributed by atoms with Crippen LogP contribution < -0.4 is 5.32 Å². The minimum Gasteiger partial charge on any atom is -0.350 e. The van der Waals surface area contributed by atoms with E-state index in [1.54, 1.807) is 0 Å². The Balaban J connectivity index is 1.79. The summed E-state index contributed by atoms with van der Waals surface area (Å²) in [6.45, 7) is 1.02. The van der Waals surface area contributed by atoms with Crippen molar-refractivity contribution < 1.29 is 4.52 Å². The number of aryl methyl sites for hydroxylation is 1. The van der Waals surface area contributed by atoms with Gasteiger partial charge in [0.05, 0.1) is 6.04 Å². The Labute approximate surface area is 116 Å². The molecule has 2 aromatic heterocycles. The van der Waals surface area contributed by atoms with Crippen LogP contribution in [-0.4, -0.2) is 21.3 Å². The maximum absolute atomic E-state index is 5.43. The van der Waals surface area contributed by atoms with Crippen molar-refractivity contribution in [2.24, 2.45) is 7.05 Å². The lowest BCUT2D eigenvalue weighted by molar-refractivity contribution is 0.345. The van der Waals surface area contributed by atoms with Gasteiger partial charge in [0.25, 0.3) is 0 Å². The van der Waals surface area contributed by atoms with Gasteiger partial charge in [0, 0.05) is 29.7 Å². The standard InChI is InChI=1S/C15H16N4O/c1-19-9-11(10-5-2-3-7-13(10)19)14-17-15(20-18-14)12-6-4-8-16-12/h2-3,5,7,9,12,16H,4,6,8H2,1H3/t12-/m0/s1. The Kier molecular flexibility index (Phi) is 2.60. The summed E-state index contributed by atoms with van der Waals surface area (Å²) in [5.41, 5.74) is 2.20. The Hall–Kier alpha value is -2.14. The van der Waals surface area contributed by atoms with E-state index >= 15 is 0 Å². The smallest absolute Gasteiger partial charge is 0.244 e. The molecule has 1 aromatic carbocycles. The van der Waals surface area contributed by atoms with E-state index in [1.807, 2.05) is 19.2 Å². The molecule has 5 nitrogen and oxygen atoms in total. The molecule has 1 N–H and O–H groups in total. The fourth-order valence-electron chi connectivity index (χ4n) is 2.90. The summed E-state index contributed by atoms with van der Waals surface area (Å²) >= 11 is 0. The minimum absolute atomic E-state index is 0.214. The predicted molar refractivity (Wildman–Crippen MR) is 76.2 cm³/mol. The number of fused-ring (bicyclic) bond motifs is 1. The molecule has 1 saturated heterocycles. The topological polar surface area (TPSA) is 55.9 Å². The average molecular weight is 268 g/mol. The molecule has 1 aliphatic heterocycles. The summed E-state index contributed by atoms with van der Waals surface area (Å²) in [7, 11) is 2.03. The van der Waals surface area contributed by atoms with E-state index in [-0.39, 0.29) is 6.04 Å². The van der Waals surface area contributed by atoms with Gasteiger partial charge in [-0.1, -0.05) is 23.4 Å². The summed E-state index contributed by atoms with van der Waals surface area (Å²) in [4.78, 5) is 4.57. The van der Waals surface area contributed by atoms with E-state index < -0.39 is 0 Å². The molecule has 0 radical (unpaired) electrons. The average Bonchev–Trinajstić information content (AvgIpc) is 3.17. The van der Waals surface area contributed by atoms with Gasteiger partial charge in [0.1, 0.15) is 0 Å². The van der Waals surface area contributed by atoms with E-state index in [4.69, 9.17) is 4.52 Å². The zero-order valence-electron chi connectivity index (χ0n) is 11.3. The van der Waals surface area contributed by atoms with Crippen molar-refractivity contribution >= 4 is 10.9 Å². The van der Waals surface area contributed by atoms with Gasteiger partial charge in [-0.05, 0) is 25.5 Å². The highest BCUT2D eigenvalue weighted by molar-refractivity contribution is 5.94. The fourth-order valence-corrected chi connectivity index (χ4v) is 2.90. The lowest BCUT2D eigenvalue weighted by Crippen LogP contribution is -2.12. The largest absolute Gasteiger partial charge is 0.350 e. The first-order valence-corrected chi connectivity index (χ1v) is 6.94. The molecule has 1 fully saturated rings. The van der Waals surface area contributed by atoms with Crippen LogP contribution in [0.25, 0.3) is 22.3 Å². The summed E-state index contributed by atoms with van der Waals surface area (Å²) in [5, 5.41) is 8.69. The zero-order valence-corrected chi connectivity index (χ0v) is 11.3. The van der Waals surface area contributed by atoms with Crippen molar-refractivity contribution in [3.05, 3.63) is 36.4 Å². The molecule has 102 valence electrons. The second-order valence-electron chi connectivity index (χ2n) is 5.28. The summed E-state index contributed by atoms with van der Waals surface area (Å²) in [6.07, 6.45) is 4.29. The number of para-hydroxylation sites is 1. The van der Waals surface area contributed by atoms with Gasteiger partial charge >= 0.3 is 0 Å². The third kappa shape index (κ3) is 1.74. The van der Waals surface area contributed by atoms with Gasteiger partial charge in [-0.2, -0.15) is 4.98 Å². The first-order valence-electron chi connectivity index (χ1n) is 6.94. The first-order chi connectivity index (χ1) is 9.83. The van der Waals surface area contributed by atoms with Gasteiger partial charge in [-0.15, -0.1) is 0 Å². The molecule has 5 heteroatoms. The molecule has 0 unspecified atom stereocenters. The molecule has 0 bridgehead atoms. The molecule has 3 aromatic rings. The van der Waals surface area contributed by atoms with Crippen molar-refractivity contribution in [2.75, 3.05) is 6.54 Å².